The van der Waals surface area contributed by atoms with Crippen LogP contribution in [0.5, 0.6) is 0 Å². The summed E-state index contributed by atoms with van der Waals surface area (Å²) in [4.78, 5) is 17.1. The largest absolute Gasteiger partial charge is 0.469 e. The van der Waals surface area contributed by atoms with Crippen molar-refractivity contribution in [3.8, 4) is 0 Å². The molecule has 2 aromatic rings. The number of esters is 1. The molecule has 2 unspecified atom stereocenters. The van der Waals surface area contributed by atoms with Crippen molar-refractivity contribution >= 4 is 28.2 Å². The summed E-state index contributed by atoms with van der Waals surface area (Å²) in [7, 11) is 0.541. The number of aryl methyl sites for hydroxylation is 1. The maximum atomic E-state index is 12.3. The predicted octanol–water partition coefficient (Wildman–Crippen LogP) is 5.90. The van der Waals surface area contributed by atoms with Gasteiger partial charge in [0.25, 0.3) is 0 Å². The van der Waals surface area contributed by atoms with Gasteiger partial charge >= 0.3 is 5.97 Å². The summed E-state index contributed by atoms with van der Waals surface area (Å²) in [5, 5.41) is 0. The predicted molar refractivity (Wildman–Crippen MR) is 144 cm³/mol. The molecule has 6 nitrogen and oxygen atoms in total. The van der Waals surface area contributed by atoms with Crippen LogP contribution in [0.25, 0.3) is 11.2 Å². The highest BCUT2D eigenvalue weighted by Crippen LogP contribution is 2.30. The second kappa shape index (κ2) is 13.4. The lowest BCUT2D eigenvalue weighted by molar-refractivity contribution is -0.142. The number of nitrogens with zero attached hydrogens (tertiary/aromatic N) is 2. The van der Waals surface area contributed by atoms with Crippen molar-refractivity contribution in [2.75, 3.05) is 13.7 Å². The fourth-order valence-electron chi connectivity index (χ4n) is 3.16. The normalized spacial score (nSPS) is 14.3. The second-order valence-electron chi connectivity index (χ2n) is 9.11. The topological polar surface area (TPSA) is 72.7 Å². The maximum absolute atomic E-state index is 12.3. The molecule has 2 atom stereocenters. The summed E-state index contributed by atoms with van der Waals surface area (Å²) in [5.41, 5.74) is 5.72. The van der Waals surface area contributed by atoms with Gasteiger partial charge < -0.3 is 9.14 Å². The fourth-order valence-corrected chi connectivity index (χ4v) is 3.85. The zero-order chi connectivity index (χ0) is 26.1. The van der Waals surface area contributed by atoms with Crippen molar-refractivity contribution in [2.24, 2.45) is 0 Å². The van der Waals surface area contributed by atoms with E-state index in [-0.39, 0.29) is 16.6 Å². The molecule has 0 spiro atoms. The van der Waals surface area contributed by atoms with Crippen LogP contribution in [0.3, 0.4) is 0 Å². The van der Waals surface area contributed by atoms with Crippen LogP contribution in [0.1, 0.15) is 77.8 Å². The average molecular weight is 488 g/mol. The van der Waals surface area contributed by atoms with Gasteiger partial charge in [0.05, 0.1) is 40.1 Å². The zero-order valence-corrected chi connectivity index (χ0v) is 23.0. The van der Waals surface area contributed by atoms with Gasteiger partial charge in [-0.25, -0.2) is 13.9 Å². The molecule has 0 amide bonds. The Bertz CT molecular complexity index is 1070. The second-order valence-corrected chi connectivity index (χ2v) is 11.2. The highest BCUT2D eigenvalue weighted by molar-refractivity contribution is 7.84. The lowest BCUT2D eigenvalue weighted by atomic mass is 9.97. The van der Waals surface area contributed by atoms with E-state index in [4.69, 9.17) is 9.72 Å². The molecule has 188 valence electrons. The number of rotatable bonds is 8. The van der Waals surface area contributed by atoms with Gasteiger partial charge in [0, 0.05) is 12.7 Å². The third-order valence-corrected chi connectivity index (χ3v) is 6.81. The minimum Gasteiger partial charge on any atom is -0.469 e. The standard InChI is InChI=1S/C21H26N2O2.C6H15NOS/c1-7-14(3)9-11-16(5)19-20(17(8-2)21(24)25-6)23-13-15(4)10-12-18(23)22-19;1-5-7-9(8)6(2,3)4/h7,9-13,17H,1,8H2,2-6H3;7H,5H2,1-4H3/b14-9-,16-11+;. The molecule has 0 bridgehead atoms. The van der Waals surface area contributed by atoms with Gasteiger partial charge in [-0.15, -0.1) is 0 Å². The highest BCUT2D eigenvalue weighted by atomic mass is 32.2. The molecular weight excluding hydrogens is 446 g/mol. The van der Waals surface area contributed by atoms with Gasteiger partial charge in [-0.05, 0) is 65.2 Å². The van der Waals surface area contributed by atoms with E-state index in [9.17, 15) is 9.00 Å². The first kappa shape index (κ1) is 29.5. The number of carbonyl (C=O) groups is 1. The van der Waals surface area contributed by atoms with Gasteiger partial charge in [0.15, 0.2) is 0 Å². The summed E-state index contributed by atoms with van der Waals surface area (Å²) < 4.78 is 20.8. The van der Waals surface area contributed by atoms with Gasteiger partial charge in [-0.1, -0.05) is 50.3 Å². The Morgan fingerprint density at radius 2 is 1.91 bits per heavy atom. The number of nitrogens with one attached hydrogen (secondary N) is 1. The van der Waals surface area contributed by atoms with Crippen molar-refractivity contribution < 1.29 is 13.7 Å². The molecule has 7 heteroatoms. The Kier molecular flexibility index (Phi) is 11.6. The molecule has 0 aliphatic heterocycles. The molecule has 1 N–H and O–H groups in total. The summed E-state index contributed by atoms with van der Waals surface area (Å²) in [6.45, 7) is 20.4. The van der Waals surface area contributed by atoms with Crippen LogP contribution in [0, 0.1) is 6.92 Å². The summed E-state index contributed by atoms with van der Waals surface area (Å²) in [5.74, 6) is -0.595. The van der Waals surface area contributed by atoms with E-state index in [0.29, 0.717) is 6.42 Å². The maximum Gasteiger partial charge on any atom is 0.314 e. The molecular formula is C27H41N3O3S. The van der Waals surface area contributed by atoms with Gasteiger partial charge in [0.2, 0.25) is 0 Å². The number of ether oxygens (including phenoxy) is 1. The number of pyridine rings is 1. The molecule has 0 saturated heterocycles. The quantitative estimate of drug-likeness (QED) is 0.371. The van der Waals surface area contributed by atoms with Crippen molar-refractivity contribution in [1.82, 2.24) is 14.1 Å². The Hall–Kier alpha value is -2.51. The number of fused-ring (bicyclic) bond motifs is 1. The molecule has 0 aliphatic carbocycles. The number of aromatic nitrogens is 2. The minimum atomic E-state index is -0.887. The Morgan fingerprint density at radius 1 is 1.26 bits per heavy atom. The van der Waals surface area contributed by atoms with Gasteiger partial charge in [-0.3, -0.25) is 4.79 Å². The number of hydrogen-bond donors (Lipinski definition) is 1. The Morgan fingerprint density at radius 3 is 2.38 bits per heavy atom. The summed E-state index contributed by atoms with van der Waals surface area (Å²) >= 11 is 0. The third-order valence-electron chi connectivity index (χ3n) is 5.15. The first-order valence-corrected chi connectivity index (χ1v) is 12.8. The van der Waals surface area contributed by atoms with Crippen LogP contribution < -0.4 is 4.72 Å². The average Bonchev–Trinajstić information content (AvgIpc) is 3.16. The Labute approximate surface area is 207 Å². The summed E-state index contributed by atoms with van der Waals surface area (Å²) in [6.07, 6.45) is 8.49. The molecule has 2 rings (SSSR count). The van der Waals surface area contributed by atoms with Crippen LogP contribution >= 0.6 is 0 Å². The van der Waals surface area contributed by atoms with Crippen LogP contribution in [-0.2, 0) is 20.5 Å². The molecule has 0 fully saturated rings. The zero-order valence-electron chi connectivity index (χ0n) is 22.2. The molecule has 2 aromatic heterocycles. The van der Waals surface area contributed by atoms with Crippen molar-refractivity contribution in [2.45, 2.75) is 72.5 Å². The van der Waals surface area contributed by atoms with E-state index in [0.717, 1.165) is 40.3 Å². The number of methoxy groups -OCH3 is 1. The molecule has 0 radical (unpaired) electrons. The molecule has 2 heterocycles. The van der Waals surface area contributed by atoms with Gasteiger partial charge in [-0.2, -0.15) is 0 Å². The lowest BCUT2D eigenvalue weighted by Crippen LogP contribution is -2.32. The molecule has 34 heavy (non-hydrogen) atoms. The fraction of sp³-hybridized carbons (Fsp3) is 0.481. The first-order valence-electron chi connectivity index (χ1n) is 11.6. The van der Waals surface area contributed by atoms with E-state index < -0.39 is 11.0 Å². The van der Waals surface area contributed by atoms with E-state index in [2.05, 4.69) is 11.3 Å². The number of carbonyl (C=O) groups excluding carboxylic acids is 1. The van der Waals surface area contributed by atoms with E-state index in [1.807, 2.05) is 90.3 Å². The molecule has 0 aromatic carbocycles. The van der Waals surface area contributed by atoms with E-state index in [1.165, 1.54) is 7.11 Å². The van der Waals surface area contributed by atoms with E-state index in [1.54, 1.807) is 6.08 Å². The van der Waals surface area contributed by atoms with Crippen molar-refractivity contribution in [3.05, 3.63) is 65.7 Å². The number of hydrogen-bond acceptors (Lipinski definition) is 4. The highest BCUT2D eigenvalue weighted by Gasteiger charge is 2.27. The number of allylic oxidation sites excluding steroid dienone is 5. The number of imidazole rings is 1. The van der Waals surface area contributed by atoms with Gasteiger partial charge in [0.1, 0.15) is 5.65 Å². The van der Waals surface area contributed by atoms with Crippen molar-refractivity contribution in [1.29, 1.82) is 0 Å². The van der Waals surface area contributed by atoms with Crippen LogP contribution in [-0.4, -0.2) is 38.0 Å². The summed E-state index contributed by atoms with van der Waals surface area (Å²) in [6, 6.07) is 4.00. The lowest BCUT2D eigenvalue weighted by Gasteiger charge is -2.16. The van der Waals surface area contributed by atoms with Crippen LogP contribution in [0.2, 0.25) is 0 Å². The monoisotopic (exact) mass is 487 g/mol. The van der Waals surface area contributed by atoms with Crippen molar-refractivity contribution in [3.63, 3.8) is 0 Å². The van der Waals surface area contributed by atoms with E-state index >= 15 is 0 Å². The first-order chi connectivity index (χ1) is 15.9. The van der Waals surface area contributed by atoms with Crippen LogP contribution in [0.4, 0.5) is 0 Å². The smallest absolute Gasteiger partial charge is 0.314 e. The third kappa shape index (κ3) is 8.06. The molecule has 0 saturated carbocycles. The molecule has 0 aliphatic rings. The minimum absolute atomic E-state index is 0.129. The Balaban J connectivity index is 0.000000546. The SMILES string of the molecule is C=C/C(C)=C\C=C(/C)c1nc2ccc(C)cn2c1C(CC)C(=O)OC.CCNS(=O)C(C)(C)C. The van der Waals surface area contributed by atoms with Crippen LogP contribution in [0.15, 0.2) is 48.7 Å².